The molecule has 1 aromatic heterocycles. The molecule has 0 spiro atoms. The van der Waals surface area contributed by atoms with E-state index in [0.717, 1.165) is 0 Å². The predicted molar refractivity (Wildman–Crippen MR) is 125 cm³/mol. The summed E-state index contributed by atoms with van der Waals surface area (Å²) in [4.78, 5) is 27.3. The van der Waals surface area contributed by atoms with Crippen LogP contribution in [0.15, 0.2) is 71.3 Å². The van der Waals surface area contributed by atoms with Crippen LogP contribution in [-0.4, -0.2) is 28.6 Å². The van der Waals surface area contributed by atoms with Gasteiger partial charge in [0.25, 0.3) is 5.78 Å². The van der Waals surface area contributed by atoms with Crippen LogP contribution in [0.4, 0.5) is 5.82 Å². The molecule has 2 heterocycles. The molecule has 33 heavy (non-hydrogen) atoms. The first-order chi connectivity index (χ1) is 15.8. The second-order valence-electron chi connectivity index (χ2n) is 7.26. The first-order valence-corrected chi connectivity index (χ1v) is 10.6. The number of ether oxygens (including phenoxy) is 1. The summed E-state index contributed by atoms with van der Waals surface area (Å²) in [5, 5.41) is 15.6. The third-order valence-electron chi connectivity index (χ3n) is 5.06. The highest BCUT2D eigenvalue weighted by Crippen LogP contribution is 2.43. The number of carbonyl (C=O) groups is 2. The molecule has 7 nitrogen and oxygen atoms in total. The summed E-state index contributed by atoms with van der Waals surface area (Å²) in [6.07, 6.45) is 1.61. The summed E-state index contributed by atoms with van der Waals surface area (Å²) in [5.41, 5.74) is 0.691. The molecule has 1 amide bonds. The van der Waals surface area contributed by atoms with E-state index in [1.807, 2.05) is 0 Å². The number of hydrogen-bond acceptors (Lipinski definition) is 6. The highest BCUT2D eigenvalue weighted by molar-refractivity contribution is 6.51. The molecule has 1 N–H and O–H groups in total. The zero-order valence-corrected chi connectivity index (χ0v) is 18.9. The van der Waals surface area contributed by atoms with E-state index < -0.39 is 17.7 Å². The Kier molecular flexibility index (Phi) is 6.26. The first-order valence-electron chi connectivity index (χ1n) is 9.85. The van der Waals surface area contributed by atoms with Crippen molar-refractivity contribution >= 4 is 46.5 Å². The number of aromatic nitrogens is 1. The molecule has 1 fully saturated rings. The van der Waals surface area contributed by atoms with Gasteiger partial charge in [-0.3, -0.25) is 14.5 Å². The van der Waals surface area contributed by atoms with Crippen molar-refractivity contribution in [2.24, 2.45) is 0 Å². The van der Waals surface area contributed by atoms with Crippen LogP contribution in [0.25, 0.3) is 5.76 Å². The molecular weight excluding hydrogens is 467 g/mol. The third kappa shape index (κ3) is 4.25. The number of hydrogen-bond donors (Lipinski definition) is 1. The molecule has 0 aliphatic carbocycles. The summed E-state index contributed by atoms with van der Waals surface area (Å²) in [6, 6.07) is 11.7. The lowest BCUT2D eigenvalue weighted by Crippen LogP contribution is -2.29. The normalized spacial score (nSPS) is 17.4. The van der Waals surface area contributed by atoms with Crippen LogP contribution in [0.1, 0.15) is 22.9 Å². The molecule has 4 rings (SSSR count). The Morgan fingerprint density at radius 1 is 1.18 bits per heavy atom. The van der Waals surface area contributed by atoms with Gasteiger partial charge in [-0.2, -0.15) is 0 Å². The van der Waals surface area contributed by atoms with Gasteiger partial charge in [0.1, 0.15) is 23.9 Å². The summed E-state index contributed by atoms with van der Waals surface area (Å²) in [5.74, 6) is -0.913. The SMILES string of the molecule is C=CCOc1ccc(/C(O)=C2\C(=O)C(=O)N(c3cc(C)on3)[C@H]2c2ccc(Cl)c(Cl)c2)cc1. The van der Waals surface area contributed by atoms with Gasteiger partial charge in [-0.15, -0.1) is 0 Å². The lowest BCUT2D eigenvalue weighted by atomic mass is 9.95. The van der Waals surface area contributed by atoms with Gasteiger partial charge in [0.15, 0.2) is 5.82 Å². The van der Waals surface area contributed by atoms with Crippen molar-refractivity contribution in [1.82, 2.24) is 5.16 Å². The van der Waals surface area contributed by atoms with Crippen LogP contribution in [0.2, 0.25) is 10.0 Å². The molecular formula is C24H18Cl2N2O5. The molecule has 0 saturated carbocycles. The lowest BCUT2D eigenvalue weighted by molar-refractivity contribution is -0.132. The van der Waals surface area contributed by atoms with Gasteiger partial charge < -0.3 is 14.4 Å². The fourth-order valence-corrected chi connectivity index (χ4v) is 3.86. The Morgan fingerprint density at radius 2 is 1.91 bits per heavy atom. The van der Waals surface area contributed by atoms with E-state index in [1.165, 1.54) is 11.0 Å². The van der Waals surface area contributed by atoms with Gasteiger partial charge in [-0.05, 0) is 48.9 Å². The summed E-state index contributed by atoms with van der Waals surface area (Å²) < 4.78 is 10.6. The number of aliphatic hydroxyl groups excluding tert-OH is 1. The highest BCUT2D eigenvalue weighted by atomic mass is 35.5. The van der Waals surface area contributed by atoms with Gasteiger partial charge in [-0.25, -0.2) is 0 Å². The smallest absolute Gasteiger partial charge is 0.301 e. The minimum Gasteiger partial charge on any atom is -0.507 e. The number of aliphatic hydroxyl groups is 1. The topological polar surface area (TPSA) is 92.9 Å². The molecule has 0 bridgehead atoms. The second-order valence-corrected chi connectivity index (χ2v) is 8.08. The van der Waals surface area contributed by atoms with E-state index in [9.17, 15) is 14.7 Å². The van der Waals surface area contributed by atoms with Gasteiger partial charge in [0.05, 0.1) is 21.7 Å². The molecule has 2 aromatic carbocycles. The van der Waals surface area contributed by atoms with Gasteiger partial charge >= 0.3 is 5.91 Å². The molecule has 0 radical (unpaired) electrons. The quantitative estimate of drug-likeness (QED) is 0.215. The first kappa shape index (κ1) is 22.6. The largest absolute Gasteiger partial charge is 0.507 e. The second kappa shape index (κ2) is 9.13. The van der Waals surface area contributed by atoms with Crippen molar-refractivity contribution in [3.05, 3.63) is 93.7 Å². The van der Waals surface area contributed by atoms with Gasteiger partial charge in [0, 0.05) is 11.6 Å². The minimum atomic E-state index is -0.999. The maximum atomic E-state index is 13.1. The number of Topliss-reactive ketones (excluding diaryl/α,β-unsaturated/α-hetero) is 1. The van der Waals surface area contributed by atoms with Crippen molar-refractivity contribution in [3.63, 3.8) is 0 Å². The number of aryl methyl sites for hydroxylation is 1. The number of carbonyl (C=O) groups excluding carboxylic acids is 2. The van der Waals surface area contributed by atoms with Crippen molar-refractivity contribution in [3.8, 4) is 5.75 Å². The van der Waals surface area contributed by atoms with Crippen molar-refractivity contribution in [2.45, 2.75) is 13.0 Å². The molecule has 1 atom stereocenters. The van der Waals surface area contributed by atoms with Gasteiger partial charge in [0.2, 0.25) is 0 Å². The molecule has 0 unspecified atom stereocenters. The van der Waals surface area contributed by atoms with Gasteiger partial charge in [-0.1, -0.05) is 47.1 Å². The fraction of sp³-hybridized carbons (Fsp3) is 0.125. The number of halogens is 2. The van der Waals surface area contributed by atoms with Crippen LogP contribution in [0.3, 0.4) is 0 Å². The van der Waals surface area contributed by atoms with Crippen LogP contribution in [-0.2, 0) is 9.59 Å². The average Bonchev–Trinajstić information content (AvgIpc) is 3.34. The Morgan fingerprint density at radius 3 is 2.52 bits per heavy atom. The van der Waals surface area contributed by atoms with E-state index in [1.54, 1.807) is 55.5 Å². The van der Waals surface area contributed by atoms with E-state index >= 15 is 0 Å². The fourth-order valence-electron chi connectivity index (χ4n) is 3.55. The van der Waals surface area contributed by atoms with Crippen LogP contribution >= 0.6 is 23.2 Å². The van der Waals surface area contributed by atoms with E-state index in [4.69, 9.17) is 32.5 Å². The molecule has 9 heteroatoms. The number of anilines is 1. The maximum Gasteiger partial charge on any atom is 0.301 e. The standard InChI is InChI=1S/C24H18Cl2N2O5/c1-3-10-32-16-7-4-14(5-8-16)22(29)20-21(15-6-9-17(25)18(26)12-15)28(24(31)23(20)30)19-11-13(2)33-27-19/h3-9,11-12,21,29H,1,10H2,2H3/b22-20+/t21-/m0/s1. The number of amides is 1. The summed E-state index contributed by atoms with van der Waals surface area (Å²) in [6.45, 7) is 5.58. The maximum absolute atomic E-state index is 13.1. The molecule has 1 saturated heterocycles. The zero-order valence-electron chi connectivity index (χ0n) is 17.4. The Bertz CT molecular complexity index is 1280. The lowest BCUT2D eigenvalue weighted by Gasteiger charge is -2.23. The predicted octanol–water partition coefficient (Wildman–Crippen LogP) is 5.48. The Balaban J connectivity index is 1.86. The monoisotopic (exact) mass is 484 g/mol. The molecule has 3 aromatic rings. The molecule has 1 aliphatic heterocycles. The average molecular weight is 485 g/mol. The van der Waals surface area contributed by atoms with Crippen LogP contribution in [0.5, 0.6) is 5.75 Å². The van der Waals surface area contributed by atoms with E-state index in [-0.39, 0.29) is 22.2 Å². The van der Waals surface area contributed by atoms with Crippen molar-refractivity contribution < 1.29 is 24.0 Å². The molecule has 1 aliphatic rings. The summed E-state index contributed by atoms with van der Waals surface area (Å²) >= 11 is 12.3. The number of ketones is 1. The number of nitrogens with zero attached hydrogens (tertiary/aromatic N) is 2. The van der Waals surface area contributed by atoms with Crippen LogP contribution < -0.4 is 9.64 Å². The van der Waals surface area contributed by atoms with E-state index in [0.29, 0.717) is 34.3 Å². The Labute approximate surface area is 199 Å². The van der Waals surface area contributed by atoms with Crippen LogP contribution in [0, 0.1) is 6.92 Å². The van der Waals surface area contributed by atoms with Crippen molar-refractivity contribution in [2.75, 3.05) is 11.5 Å². The minimum absolute atomic E-state index is 0.112. The highest BCUT2D eigenvalue weighted by Gasteiger charge is 2.48. The number of rotatable bonds is 6. The number of benzene rings is 2. The Hall–Kier alpha value is -3.55. The third-order valence-corrected chi connectivity index (χ3v) is 5.80. The molecule has 168 valence electrons. The van der Waals surface area contributed by atoms with Crippen molar-refractivity contribution in [1.29, 1.82) is 0 Å². The zero-order chi connectivity index (χ0) is 23.7. The van der Waals surface area contributed by atoms with E-state index in [2.05, 4.69) is 11.7 Å². The summed E-state index contributed by atoms with van der Waals surface area (Å²) in [7, 11) is 0.